The lowest BCUT2D eigenvalue weighted by molar-refractivity contribution is -0.133. The molecule has 3 heterocycles. The third-order valence-corrected chi connectivity index (χ3v) is 4.32. The molecule has 0 bridgehead atoms. The third-order valence-electron chi connectivity index (χ3n) is 4.32. The molecule has 2 aliphatic heterocycles. The highest BCUT2D eigenvalue weighted by molar-refractivity contribution is 5.77. The summed E-state index contributed by atoms with van der Waals surface area (Å²) in [6.07, 6.45) is 4.79. The molecule has 0 aliphatic carbocycles. The van der Waals surface area contributed by atoms with Crippen LogP contribution in [0.4, 0.5) is 0 Å². The molecule has 2 unspecified atom stereocenters. The number of aromatic nitrogens is 3. The third kappa shape index (κ3) is 2.63. The van der Waals surface area contributed by atoms with Gasteiger partial charge in [-0.2, -0.15) is 0 Å². The zero-order valence-electron chi connectivity index (χ0n) is 11.4. The summed E-state index contributed by atoms with van der Waals surface area (Å²) in [6.45, 7) is 5.44. The molecular weight excluding hydrogens is 242 g/mol. The normalized spacial score (nSPS) is 27.1. The van der Waals surface area contributed by atoms with Gasteiger partial charge in [0.2, 0.25) is 5.91 Å². The number of hydrogen-bond donors (Lipinski definition) is 1. The quantitative estimate of drug-likeness (QED) is 0.839. The molecule has 0 radical (unpaired) electrons. The minimum absolute atomic E-state index is 0.237. The maximum atomic E-state index is 12.4. The van der Waals surface area contributed by atoms with E-state index < -0.39 is 0 Å². The molecule has 19 heavy (non-hydrogen) atoms. The van der Waals surface area contributed by atoms with Crippen LogP contribution < -0.4 is 5.32 Å². The number of carbonyl (C=O) groups excluding carboxylic acids is 1. The first kappa shape index (κ1) is 12.6. The fourth-order valence-corrected chi connectivity index (χ4v) is 2.98. The highest BCUT2D eigenvalue weighted by Gasteiger charge is 2.27. The summed E-state index contributed by atoms with van der Waals surface area (Å²) in [5.74, 6) is 1.72. The van der Waals surface area contributed by atoms with Crippen LogP contribution in [0.15, 0.2) is 6.33 Å². The van der Waals surface area contributed by atoms with Crippen LogP contribution in [-0.4, -0.2) is 44.7 Å². The second kappa shape index (κ2) is 5.28. The van der Waals surface area contributed by atoms with Crippen molar-refractivity contribution in [2.24, 2.45) is 5.92 Å². The molecule has 1 N–H and O–H groups in total. The van der Waals surface area contributed by atoms with E-state index in [9.17, 15) is 4.79 Å². The Morgan fingerprint density at radius 3 is 3.26 bits per heavy atom. The average Bonchev–Trinajstić information content (AvgIpc) is 2.88. The van der Waals surface area contributed by atoms with Gasteiger partial charge in [-0.3, -0.25) is 4.79 Å². The maximum absolute atomic E-state index is 12.4. The number of amides is 1. The minimum Gasteiger partial charge on any atom is -0.333 e. The molecule has 0 spiro atoms. The van der Waals surface area contributed by atoms with Crippen LogP contribution >= 0.6 is 0 Å². The molecule has 1 aromatic rings. The molecule has 1 fully saturated rings. The van der Waals surface area contributed by atoms with E-state index in [0.717, 1.165) is 25.5 Å². The predicted molar refractivity (Wildman–Crippen MR) is 70.2 cm³/mol. The van der Waals surface area contributed by atoms with Crippen LogP contribution in [0.2, 0.25) is 0 Å². The Morgan fingerprint density at radius 1 is 1.53 bits per heavy atom. The van der Waals surface area contributed by atoms with Gasteiger partial charge in [0.25, 0.3) is 0 Å². The zero-order valence-corrected chi connectivity index (χ0v) is 11.4. The van der Waals surface area contributed by atoms with Gasteiger partial charge in [-0.15, -0.1) is 10.2 Å². The Labute approximate surface area is 113 Å². The van der Waals surface area contributed by atoms with Crippen LogP contribution in [0.3, 0.4) is 0 Å². The Kier molecular flexibility index (Phi) is 3.50. The van der Waals surface area contributed by atoms with Crippen LogP contribution in [0, 0.1) is 5.92 Å². The van der Waals surface area contributed by atoms with Crippen LogP contribution in [0.1, 0.15) is 32.0 Å². The van der Waals surface area contributed by atoms with Crippen LogP contribution in [0.25, 0.3) is 0 Å². The summed E-state index contributed by atoms with van der Waals surface area (Å²) >= 11 is 0. The molecule has 1 aromatic heterocycles. The first-order valence-corrected chi connectivity index (χ1v) is 7.12. The Bertz CT molecular complexity index is 458. The van der Waals surface area contributed by atoms with Gasteiger partial charge >= 0.3 is 0 Å². The first-order chi connectivity index (χ1) is 9.24. The van der Waals surface area contributed by atoms with Gasteiger partial charge in [-0.25, -0.2) is 0 Å². The van der Waals surface area contributed by atoms with Crippen molar-refractivity contribution in [2.75, 3.05) is 13.1 Å². The highest BCUT2D eigenvalue weighted by atomic mass is 16.2. The Hall–Kier alpha value is -1.43. The van der Waals surface area contributed by atoms with Gasteiger partial charge in [0.05, 0.1) is 6.54 Å². The van der Waals surface area contributed by atoms with Crippen molar-refractivity contribution in [2.45, 2.75) is 45.3 Å². The summed E-state index contributed by atoms with van der Waals surface area (Å²) in [5.41, 5.74) is 0. The topological polar surface area (TPSA) is 63.1 Å². The molecule has 2 aliphatic rings. The van der Waals surface area contributed by atoms with Crippen molar-refractivity contribution in [3.63, 3.8) is 0 Å². The Morgan fingerprint density at radius 2 is 2.42 bits per heavy atom. The van der Waals surface area contributed by atoms with Crippen LogP contribution in [-0.2, 0) is 17.9 Å². The van der Waals surface area contributed by atoms with E-state index >= 15 is 0 Å². The van der Waals surface area contributed by atoms with E-state index in [1.54, 1.807) is 6.33 Å². The predicted octanol–water partition coefficient (Wildman–Crippen LogP) is 0.398. The highest BCUT2D eigenvalue weighted by Crippen LogP contribution is 2.20. The van der Waals surface area contributed by atoms with Crippen molar-refractivity contribution < 1.29 is 4.79 Å². The summed E-state index contributed by atoms with van der Waals surface area (Å²) < 4.78 is 2.02. The monoisotopic (exact) mass is 263 g/mol. The van der Waals surface area contributed by atoms with Crippen molar-refractivity contribution in [3.8, 4) is 0 Å². The maximum Gasteiger partial charge on any atom is 0.224 e. The van der Waals surface area contributed by atoms with E-state index in [1.807, 2.05) is 9.47 Å². The number of nitrogens with zero attached hydrogens (tertiary/aromatic N) is 4. The van der Waals surface area contributed by atoms with Gasteiger partial charge in [0.1, 0.15) is 6.33 Å². The number of piperidine rings is 1. The molecule has 0 aromatic carbocycles. The van der Waals surface area contributed by atoms with Gasteiger partial charge in [-0.05, 0) is 25.3 Å². The molecule has 3 rings (SSSR count). The molecule has 2 atom stereocenters. The lowest BCUT2D eigenvalue weighted by atomic mass is 9.90. The fourth-order valence-electron chi connectivity index (χ4n) is 2.98. The minimum atomic E-state index is 0.237. The molecular formula is C13H21N5O. The van der Waals surface area contributed by atoms with Gasteiger partial charge in [0, 0.05) is 25.6 Å². The zero-order chi connectivity index (χ0) is 13.2. The number of hydrogen-bond acceptors (Lipinski definition) is 4. The molecule has 6 nitrogen and oxygen atoms in total. The molecule has 1 saturated heterocycles. The van der Waals surface area contributed by atoms with Gasteiger partial charge in [-0.1, -0.05) is 6.92 Å². The van der Waals surface area contributed by atoms with E-state index in [4.69, 9.17) is 0 Å². The van der Waals surface area contributed by atoms with Crippen molar-refractivity contribution in [1.29, 1.82) is 0 Å². The van der Waals surface area contributed by atoms with E-state index in [2.05, 4.69) is 22.4 Å². The largest absolute Gasteiger partial charge is 0.333 e. The molecule has 0 saturated carbocycles. The molecule has 1 amide bonds. The van der Waals surface area contributed by atoms with Crippen molar-refractivity contribution in [3.05, 3.63) is 12.2 Å². The number of fused-ring (bicyclic) bond motifs is 1. The van der Waals surface area contributed by atoms with Crippen molar-refractivity contribution in [1.82, 2.24) is 25.0 Å². The van der Waals surface area contributed by atoms with Crippen LogP contribution in [0.5, 0.6) is 0 Å². The smallest absolute Gasteiger partial charge is 0.224 e. The molecule has 6 heteroatoms. The first-order valence-electron chi connectivity index (χ1n) is 7.12. The number of carbonyl (C=O) groups is 1. The Balaban J connectivity index is 1.59. The second-order valence-electron chi connectivity index (χ2n) is 5.64. The summed E-state index contributed by atoms with van der Waals surface area (Å²) in [7, 11) is 0. The van der Waals surface area contributed by atoms with E-state index in [1.165, 1.54) is 12.8 Å². The second-order valence-corrected chi connectivity index (χ2v) is 5.64. The van der Waals surface area contributed by atoms with Gasteiger partial charge in [0.15, 0.2) is 5.82 Å². The summed E-state index contributed by atoms with van der Waals surface area (Å²) in [4.78, 5) is 14.3. The lowest BCUT2D eigenvalue weighted by Gasteiger charge is -2.33. The fraction of sp³-hybridized carbons (Fsp3) is 0.769. The van der Waals surface area contributed by atoms with Crippen molar-refractivity contribution >= 4 is 5.91 Å². The average molecular weight is 263 g/mol. The lowest BCUT2D eigenvalue weighted by Crippen LogP contribution is -2.46. The number of rotatable bonds is 2. The van der Waals surface area contributed by atoms with E-state index in [-0.39, 0.29) is 5.91 Å². The standard InChI is InChI=1S/C13H21N5O/c1-10-3-2-4-14-11(10)7-13(19)17-5-6-18-9-15-16-12(18)8-17/h9-11,14H,2-8H2,1H3. The number of nitrogens with one attached hydrogen (secondary N) is 1. The summed E-state index contributed by atoms with van der Waals surface area (Å²) in [6, 6.07) is 0.334. The van der Waals surface area contributed by atoms with E-state index in [0.29, 0.717) is 24.9 Å². The molecule has 104 valence electrons. The van der Waals surface area contributed by atoms with Gasteiger partial charge < -0.3 is 14.8 Å². The SMILES string of the molecule is CC1CCCNC1CC(=O)N1CCn2cnnc2C1. The summed E-state index contributed by atoms with van der Waals surface area (Å²) in [5, 5.41) is 11.4.